The Kier molecular flexibility index (Phi) is 4.16. The summed E-state index contributed by atoms with van der Waals surface area (Å²) >= 11 is 0. The molecule has 0 bridgehead atoms. The summed E-state index contributed by atoms with van der Waals surface area (Å²) in [6.07, 6.45) is 3.56. The van der Waals surface area contributed by atoms with E-state index >= 15 is 0 Å². The van der Waals surface area contributed by atoms with Crippen LogP contribution >= 0.6 is 0 Å². The average Bonchev–Trinajstić information content (AvgIpc) is 2.14. The van der Waals surface area contributed by atoms with Crippen LogP contribution in [-0.2, 0) is 0 Å². The van der Waals surface area contributed by atoms with Gasteiger partial charge in [-0.2, -0.15) is 0 Å². The van der Waals surface area contributed by atoms with Crippen LogP contribution in [0, 0.1) is 5.92 Å². The van der Waals surface area contributed by atoms with Crippen LogP contribution in [0.25, 0.3) is 0 Å². The molecule has 16 heavy (non-hydrogen) atoms. The van der Waals surface area contributed by atoms with Crippen molar-refractivity contribution in [2.45, 2.75) is 40.2 Å². The molecule has 3 nitrogen and oxygen atoms in total. The second kappa shape index (κ2) is 5.19. The van der Waals surface area contributed by atoms with Crippen LogP contribution in [-0.4, -0.2) is 17.1 Å². The number of ether oxygens (including phenoxy) is 1. The normalized spacial score (nSPS) is 11.6. The molecule has 0 aromatic carbocycles. The van der Waals surface area contributed by atoms with Crippen LogP contribution in [0.5, 0.6) is 5.75 Å². The van der Waals surface area contributed by atoms with Crippen molar-refractivity contribution in [1.29, 1.82) is 0 Å². The molecule has 90 valence electrons. The molecule has 1 aromatic heterocycles. The molecular weight excluding hydrogens is 200 g/mol. The van der Waals surface area contributed by atoms with Gasteiger partial charge in [-0.05, 0) is 26.7 Å². The number of anilines is 1. The van der Waals surface area contributed by atoms with Crippen molar-refractivity contribution in [2.75, 3.05) is 11.9 Å². The zero-order valence-electron chi connectivity index (χ0n) is 10.9. The van der Waals surface area contributed by atoms with Gasteiger partial charge in [-0.25, -0.2) is 0 Å². The monoisotopic (exact) mass is 222 g/mol. The minimum absolute atomic E-state index is 0.185. The topological polar surface area (TPSA) is 34.2 Å². The second-order valence-corrected chi connectivity index (χ2v) is 5.36. The molecule has 0 atom stereocenters. The average molecular weight is 222 g/mol. The Hall–Kier alpha value is -1.25. The van der Waals surface area contributed by atoms with Gasteiger partial charge in [0.2, 0.25) is 0 Å². The molecule has 0 aliphatic heterocycles. The van der Waals surface area contributed by atoms with E-state index in [2.05, 4.69) is 24.1 Å². The molecule has 0 unspecified atom stereocenters. The molecule has 0 fully saturated rings. The Morgan fingerprint density at radius 1 is 1.38 bits per heavy atom. The fourth-order valence-electron chi connectivity index (χ4n) is 1.25. The van der Waals surface area contributed by atoms with Gasteiger partial charge in [-0.1, -0.05) is 13.8 Å². The number of hydrogen-bond donors (Lipinski definition) is 1. The highest BCUT2D eigenvalue weighted by Gasteiger charge is 2.14. The van der Waals surface area contributed by atoms with Crippen molar-refractivity contribution in [2.24, 2.45) is 5.92 Å². The first-order valence-corrected chi connectivity index (χ1v) is 5.75. The van der Waals surface area contributed by atoms with Gasteiger partial charge >= 0.3 is 0 Å². The van der Waals surface area contributed by atoms with Crippen LogP contribution < -0.4 is 10.1 Å². The molecule has 0 saturated heterocycles. The van der Waals surface area contributed by atoms with E-state index in [1.165, 1.54) is 0 Å². The maximum Gasteiger partial charge on any atom is 0.146 e. The Balaban J connectivity index is 2.75. The number of rotatable bonds is 4. The predicted molar refractivity (Wildman–Crippen MR) is 67.9 cm³/mol. The van der Waals surface area contributed by atoms with E-state index in [0.29, 0.717) is 5.92 Å². The summed E-state index contributed by atoms with van der Waals surface area (Å²) in [5.41, 5.74) is 0.779. The van der Waals surface area contributed by atoms with Gasteiger partial charge in [0.05, 0.1) is 11.9 Å². The lowest BCUT2D eigenvalue weighted by Crippen LogP contribution is -2.24. The molecule has 1 heterocycles. The Labute approximate surface area is 98.2 Å². The first-order chi connectivity index (χ1) is 7.38. The van der Waals surface area contributed by atoms with Crippen molar-refractivity contribution in [3.63, 3.8) is 0 Å². The summed E-state index contributed by atoms with van der Waals surface area (Å²) in [5, 5.41) is 3.35. The molecule has 0 aliphatic carbocycles. The zero-order valence-corrected chi connectivity index (χ0v) is 10.9. The van der Waals surface area contributed by atoms with Crippen LogP contribution in [0.2, 0.25) is 0 Å². The standard InChI is InChI=1S/C13H22N2O/c1-10(2)8-15-11-9-14-7-6-12(11)16-13(3,4)5/h6-7,9-10,15H,8H2,1-5H3. The molecule has 0 amide bonds. The van der Waals surface area contributed by atoms with Gasteiger partial charge in [0.25, 0.3) is 0 Å². The van der Waals surface area contributed by atoms with Gasteiger partial charge < -0.3 is 10.1 Å². The molecule has 3 heteroatoms. The van der Waals surface area contributed by atoms with E-state index in [-0.39, 0.29) is 5.60 Å². The van der Waals surface area contributed by atoms with Crippen molar-refractivity contribution in [1.82, 2.24) is 4.98 Å². The Morgan fingerprint density at radius 2 is 2.06 bits per heavy atom. The summed E-state index contributed by atoms with van der Waals surface area (Å²) in [6.45, 7) is 11.4. The zero-order chi connectivity index (χ0) is 12.2. The van der Waals surface area contributed by atoms with Crippen molar-refractivity contribution < 1.29 is 4.74 Å². The predicted octanol–water partition coefficient (Wildman–Crippen LogP) is 3.33. The lowest BCUT2D eigenvalue weighted by Gasteiger charge is -2.23. The number of aromatic nitrogens is 1. The summed E-state index contributed by atoms with van der Waals surface area (Å²) in [7, 11) is 0. The third-order valence-corrected chi connectivity index (χ3v) is 1.90. The van der Waals surface area contributed by atoms with Crippen LogP contribution in [0.4, 0.5) is 5.69 Å². The van der Waals surface area contributed by atoms with Crippen LogP contribution in [0.15, 0.2) is 18.5 Å². The molecule has 0 saturated carbocycles. The lowest BCUT2D eigenvalue weighted by atomic mass is 10.2. The number of nitrogens with zero attached hydrogens (tertiary/aromatic N) is 1. The molecule has 1 aromatic rings. The first-order valence-electron chi connectivity index (χ1n) is 5.75. The minimum Gasteiger partial charge on any atom is -0.486 e. The lowest BCUT2D eigenvalue weighted by molar-refractivity contribution is 0.131. The van der Waals surface area contributed by atoms with E-state index in [1.807, 2.05) is 33.0 Å². The van der Waals surface area contributed by atoms with E-state index in [1.54, 1.807) is 6.20 Å². The van der Waals surface area contributed by atoms with Crippen molar-refractivity contribution >= 4 is 5.69 Å². The van der Waals surface area contributed by atoms with Crippen LogP contribution in [0.3, 0.4) is 0 Å². The van der Waals surface area contributed by atoms with Gasteiger partial charge in [-0.3, -0.25) is 4.98 Å². The van der Waals surface area contributed by atoms with E-state index in [4.69, 9.17) is 4.74 Å². The molecule has 0 radical (unpaired) electrons. The quantitative estimate of drug-likeness (QED) is 0.848. The van der Waals surface area contributed by atoms with Gasteiger partial charge in [-0.15, -0.1) is 0 Å². The molecule has 0 aliphatic rings. The summed E-state index contributed by atoms with van der Waals surface area (Å²) in [4.78, 5) is 4.11. The third kappa shape index (κ3) is 4.51. The highest BCUT2D eigenvalue weighted by atomic mass is 16.5. The third-order valence-electron chi connectivity index (χ3n) is 1.90. The number of hydrogen-bond acceptors (Lipinski definition) is 3. The molecule has 0 spiro atoms. The largest absolute Gasteiger partial charge is 0.486 e. The molecule has 1 N–H and O–H groups in total. The van der Waals surface area contributed by atoms with E-state index in [9.17, 15) is 0 Å². The summed E-state index contributed by atoms with van der Waals surface area (Å²) < 4.78 is 5.86. The maximum absolute atomic E-state index is 5.86. The van der Waals surface area contributed by atoms with E-state index in [0.717, 1.165) is 18.0 Å². The van der Waals surface area contributed by atoms with Gasteiger partial charge in [0.15, 0.2) is 0 Å². The van der Waals surface area contributed by atoms with Gasteiger partial charge in [0.1, 0.15) is 11.4 Å². The smallest absolute Gasteiger partial charge is 0.146 e. The fraction of sp³-hybridized carbons (Fsp3) is 0.615. The summed E-state index contributed by atoms with van der Waals surface area (Å²) in [5.74, 6) is 1.46. The minimum atomic E-state index is -0.185. The summed E-state index contributed by atoms with van der Waals surface area (Å²) in [6, 6.07) is 1.90. The molecule has 1 rings (SSSR count). The van der Waals surface area contributed by atoms with Crippen molar-refractivity contribution in [3.05, 3.63) is 18.5 Å². The highest BCUT2D eigenvalue weighted by molar-refractivity contribution is 5.54. The van der Waals surface area contributed by atoms with Crippen molar-refractivity contribution in [3.8, 4) is 5.75 Å². The second-order valence-electron chi connectivity index (χ2n) is 5.36. The molecular formula is C13H22N2O. The fourth-order valence-corrected chi connectivity index (χ4v) is 1.25. The highest BCUT2D eigenvalue weighted by Crippen LogP contribution is 2.26. The van der Waals surface area contributed by atoms with Gasteiger partial charge in [0, 0.05) is 18.8 Å². The number of pyridine rings is 1. The maximum atomic E-state index is 5.86. The first kappa shape index (κ1) is 12.8. The SMILES string of the molecule is CC(C)CNc1cnccc1OC(C)(C)C. The van der Waals surface area contributed by atoms with E-state index < -0.39 is 0 Å². The number of nitrogens with one attached hydrogen (secondary N) is 1. The Morgan fingerprint density at radius 3 is 2.62 bits per heavy atom. The Bertz CT molecular complexity index is 329. The van der Waals surface area contributed by atoms with Crippen LogP contribution in [0.1, 0.15) is 34.6 Å².